The summed E-state index contributed by atoms with van der Waals surface area (Å²) in [7, 11) is 0. The highest BCUT2D eigenvalue weighted by Gasteiger charge is 2.37. The van der Waals surface area contributed by atoms with Crippen molar-refractivity contribution in [2.45, 2.75) is 45.4 Å². The first-order valence-electron chi connectivity index (χ1n) is 5.55. The van der Waals surface area contributed by atoms with Gasteiger partial charge in [0.15, 0.2) is 0 Å². The van der Waals surface area contributed by atoms with E-state index in [1.807, 2.05) is 12.1 Å². The van der Waals surface area contributed by atoms with Crippen molar-refractivity contribution >= 4 is 0 Å². The lowest BCUT2D eigenvalue weighted by Crippen LogP contribution is -2.40. The number of aliphatic hydroxyl groups is 1. The predicted molar refractivity (Wildman–Crippen MR) is 58.3 cm³/mol. The largest absolute Gasteiger partial charge is 0.462 e. The molecule has 3 nitrogen and oxygen atoms in total. The molecule has 0 saturated heterocycles. The summed E-state index contributed by atoms with van der Waals surface area (Å²) in [4.78, 5) is 0. The van der Waals surface area contributed by atoms with Gasteiger partial charge < -0.3 is 14.8 Å². The van der Waals surface area contributed by atoms with Crippen LogP contribution in [0.15, 0.2) is 16.5 Å². The Labute approximate surface area is 90.5 Å². The molecule has 1 aromatic heterocycles. The third-order valence-corrected chi connectivity index (χ3v) is 3.19. The zero-order valence-electron chi connectivity index (χ0n) is 9.42. The minimum atomic E-state index is -0.0218. The van der Waals surface area contributed by atoms with Gasteiger partial charge in [0, 0.05) is 5.54 Å². The van der Waals surface area contributed by atoms with Crippen LogP contribution < -0.4 is 5.32 Å². The summed E-state index contributed by atoms with van der Waals surface area (Å²) in [5, 5.41) is 12.4. The number of nitrogens with one attached hydrogen (secondary N) is 1. The molecule has 0 bridgehead atoms. The average Bonchev–Trinajstić information content (AvgIpc) is 2.96. The van der Waals surface area contributed by atoms with Gasteiger partial charge in [-0.3, -0.25) is 0 Å². The van der Waals surface area contributed by atoms with E-state index in [-0.39, 0.29) is 12.1 Å². The molecule has 1 heterocycles. The SMILES string of the molecule is CC(C)(NCc1ccc(CO)o1)C1CC1. The van der Waals surface area contributed by atoms with Crippen molar-refractivity contribution in [1.29, 1.82) is 0 Å². The molecule has 0 aromatic carbocycles. The monoisotopic (exact) mass is 209 g/mol. The molecule has 0 aliphatic heterocycles. The van der Waals surface area contributed by atoms with Crippen molar-refractivity contribution < 1.29 is 9.52 Å². The standard InChI is InChI=1S/C12H19NO2/c1-12(2,9-3-4-9)13-7-10-5-6-11(8-14)15-10/h5-6,9,13-14H,3-4,7-8H2,1-2H3. The topological polar surface area (TPSA) is 45.4 Å². The van der Waals surface area contributed by atoms with E-state index in [1.54, 1.807) is 0 Å². The molecular formula is C12H19NO2. The van der Waals surface area contributed by atoms with Crippen LogP contribution in [0.5, 0.6) is 0 Å². The first kappa shape index (κ1) is 10.7. The van der Waals surface area contributed by atoms with E-state index >= 15 is 0 Å². The van der Waals surface area contributed by atoms with Gasteiger partial charge in [-0.15, -0.1) is 0 Å². The molecule has 84 valence electrons. The van der Waals surface area contributed by atoms with Crippen LogP contribution in [0.4, 0.5) is 0 Å². The Bertz CT molecular complexity index is 326. The van der Waals surface area contributed by atoms with Gasteiger partial charge in [-0.2, -0.15) is 0 Å². The first-order chi connectivity index (χ1) is 7.12. The first-order valence-corrected chi connectivity index (χ1v) is 5.55. The summed E-state index contributed by atoms with van der Waals surface area (Å²) in [5.74, 6) is 2.34. The van der Waals surface area contributed by atoms with Crippen molar-refractivity contribution in [2.75, 3.05) is 0 Å². The molecule has 3 heteroatoms. The zero-order valence-corrected chi connectivity index (χ0v) is 9.42. The van der Waals surface area contributed by atoms with Crippen molar-refractivity contribution in [3.8, 4) is 0 Å². The van der Waals surface area contributed by atoms with Crippen LogP contribution >= 0.6 is 0 Å². The fourth-order valence-corrected chi connectivity index (χ4v) is 1.87. The van der Waals surface area contributed by atoms with E-state index in [0.717, 1.165) is 18.2 Å². The summed E-state index contributed by atoms with van der Waals surface area (Å²) in [5.41, 5.74) is 0.201. The van der Waals surface area contributed by atoms with Crippen LogP contribution in [0, 0.1) is 5.92 Å². The molecule has 15 heavy (non-hydrogen) atoms. The number of aliphatic hydroxyl groups excluding tert-OH is 1. The van der Waals surface area contributed by atoms with Crippen LogP contribution in [0.1, 0.15) is 38.2 Å². The molecular weight excluding hydrogens is 190 g/mol. The molecule has 1 fully saturated rings. The molecule has 1 saturated carbocycles. The molecule has 0 amide bonds. The zero-order chi connectivity index (χ0) is 10.9. The Morgan fingerprint density at radius 2 is 2.07 bits per heavy atom. The summed E-state index contributed by atoms with van der Waals surface area (Å²) in [6, 6.07) is 3.74. The van der Waals surface area contributed by atoms with Crippen LogP contribution in [-0.4, -0.2) is 10.6 Å². The normalized spacial score (nSPS) is 17.0. The van der Waals surface area contributed by atoms with Gasteiger partial charge in [0.25, 0.3) is 0 Å². The Morgan fingerprint density at radius 3 is 2.60 bits per heavy atom. The Kier molecular flexibility index (Phi) is 2.85. The number of hydrogen-bond donors (Lipinski definition) is 2. The smallest absolute Gasteiger partial charge is 0.129 e. The predicted octanol–water partition coefficient (Wildman–Crippen LogP) is 2.05. The molecule has 0 radical (unpaired) electrons. The summed E-state index contributed by atoms with van der Waals surface area (Å²) in [6.45, 7) is 5.19. The fraction of sp³-hybridized carbons (Fsp3) is 0.667. The van der Waals surface area contributed by atoms with Gasteiger partial charge in [-0.25, -0.2) is 0 Å². The molecule has 0 spiro atoms. The average molecular weight is 209 g/mol. The summed E-state index contributed by atoms with van der Waals surface area (Å²) >= 11 is 0. The number of hydrogen-bond acceptors (Lipinski definition) is 3. The van der Waals surface area contributed by atoms with Crippen LogP contribution in [0.3, 0.4) is 0 Å². The van der Waals surface area contributed by atoms with Crippen LogP contribution in [-0.2, 0) is 13.2 Å². The minimum Gasteiger partial charge on any atom is -0.462 e. The number of furan rings is 1. The quantitative estimate of drug-likeness (QED) is 0.780. The van der Waals surface area contributed by atoms with E-state index < -0.39 is 0 Å². The molecule has 1 aliphatic carbocycles. The Morgan fingerprint density at radius 1 is 1.40 bits per heavy atom. The third-order valence-electron chi connectivity index (χ3n) is 3.19. The van der Waals surface area contributed by atoms with Crippen molar-refractivity contribution in [3.05, 3.63) is 23.7 Å². The van der Waals surface area contributed by atoms with E-state index in [2.05, 4.69) is 19.2 Å². The lowest BCUT2D eigenvalue weighted by Gasteiger charge is -2.25. The lowest BCUT2D eigenvalue weighted by atomic mass is 9.99. The summed E-state index contributed by atoms with van der Waals surface area (Å²) < 4.78 is 5.42. The van der Waals surface area contributed by atoms with Gasteiger partial charge in [0.2, 0.25) is 0 Å². The van der Waals surface area contributed by atoms with Gasteiger partial charge >= 0.3 is 0 Å². The van der Waals surface area contributed by atoms with Crippen molar-refractivity contribution in [1.82, 2.24) is 5.32 Å². The highest BCUT2D eigenvalue weighted by atomic mass is 16.4. The van der Waals surface area contributed by atoms with Crippen LogP contribution in [0.2, 0.25) is 0 Å². The van der Waals surface area contributed by atoms with Gasteiger partial charge in [-0.1, -0.05) is 0 Å². The molecule has 0 unspecified atom stereocenters. The van der Waals surface area contributed by atoms with Crippen molar-refractivity contribution in [2.24, 2.45) is 5.92 Å². The van der Waals surface area contributed by atoms with E-state index in [9.17, 15) is 0 Å². The number of rotatable bonds is 5. The van der Waals surface area contributed by atoms with Crippen LogP contribution in [0.25, 0.3) is 0 Å². The Hall–Kier alpha value is -0.800. The second-order valence-electron chi connectivity index (χ2n) is 4.88. The highest BCUT2D eigenvalue weighted by molar-refractivity contribution is 5.07. The lowest BCUT2D eigenvalue weighted by molar-refractivity contribution is 0.239. The maximum Gasteiger partial charge on any atom is 0.129 e. The highest BCUT2D eigenvalue weighted by Crippen LogP contribution is 2.39. The second-order valence-corrected chi connectivity index (χ2v) is 4.88. The van der Waals surface area contributed by atoms with E-state index in [0.29, 0.717) is 5.76 Å². The maximum absolute atomic E-state index is 8.86. The van der Waals surface area contributed by atoms with Gasteiger partial charge in [0.05, 0.1) is 6.54 Å². The molecule has 0 atom stereocenters. The third kappa shape index (κ3) is 2.61. The van der Waals surface area contributed by atoms with E-state index in [1.165, 1.54) is 12.8 Å². The van der Waals surface area contributed by atoms with Gasteiger partial charge in [0.1, 0.15) is 18.1 Å². The molecule has 1 aliphatic rings. The minimum absolute atomic E-state index is 0.0218. The maximum atomic E-state index is 8.86. The molecule has 2 N–H and O–H groups in total. The van der Waals surface area contributed by atoms with E-state index in [4.69, 9.17) is 9.52 Å². The molecule has 2 rings (SSSR count). The van der Waals surface area contributed by atoms with Crippen molar-refractivity contribution in [3.63, 3.8) is 0 Å². The summed E-state index contributed by atoms with van der Waals surface area (Å²) in [6.07, 6.45) is 2.67. The fourth-order valence-electron chi connectivity index (χ4n) is 1.87. The second kappa shape index (κ2) is 3.99. The Balaban J connectivity index is 1.86. The van der Waals surface area contributed by atoms with Gasteiger partial charge in [-0.05, 0) is 44.7 Å². The molecule has 1 aromatic rings.